The van der Waals surface area contributed by atoms with Gasteiger partial charge in [-0.2, -0.15) is 0 Å². The summed E-state index contributed by atoms with van der Waals surface area (Å²) in [6.45, 7) is 6.90. The summed E-state index contributed by atoms with van der Waals surface area (Å²) >= 11 is 0. The standard InChI is InChI=1S/C22H34N2O3/c1-2-27-22(26)14-19-24(18-9-8-17-23-15-6-7-16-23)21(25)13-12-20-10-4-3-5-11-20/h3-5,10-11H,2,6-9,12-19H2,1H3. The Morgan fingerprint density at radius 3 is 2.48 bits per heavy atom. The molecule has 0 N–H and O–H groups in total. The fourth-order valence-corrected chi connectivity index (χ4v) is 3.52. The lowest BCUT2D eigenvalue weighted by Crippen LogP contribution is -2.34. The lowest BCUT2D eigenvalue weighted by Gasteiger charge is -2.23. The van der Waals surface area contributed by atoms with Gasteiger partial charge in [-0.05, 0) is 64.2 Å². The molecule has 0 saturated carbocycles. The highest BCUT2D eigenvalue weighted by Crippen LogP contribution is 2.10. The quantitative estimate of drug-likeness (QED) is 0.416. The van der Waals surface area contributed by atoms with E-state index in [0.717, 1.165) is 32.4 Å². The van der Waals surface area contributed by atoms with Crippen LogP contribution in [0.2, 0.25) is 0 Å². The van der Waals surface area contributed by atoms with Crippen molar-refractivity contribution in [2.24, 2.45) is 0 Å². The Kier molecular flexibility index (Phi) is 9.91. The molecule has 1 aliphatic rings. The summed E-state index contributed by atoms with van der Waals surface area (Å²) in [5, 5.41) is 0. The Labute approximate surface area is 163 Å². The van der Waals surface area contributed by atoms with E-state index in [9.17, 15) is 9.59 Å². The molecule has 27 heavy (non-hydrogen) atoms. The molecule has 150 valence electrons. The zero-order chi connectivity index (χ0) is 19.3. The largest absolute Gasteiger partial charge is 0.466 e. The molecule has 0 atom stereocenters. The van der Waals surface area contributed by atoms with Crippen LogP contribution in [0.1, 0.15) is 51.0 Å². The first kappa shape index (κ1) is 21.4. The minimum atomic E-state index is -0.226. The molecule has 0 bridgehead atoms. The van der Waals surface area contributed by atoms with E-state index >= 15 is 0 Å². The van der Waals surface area contributed by atoms with Gasteiger partial charge in [0.1, 0.15) is 0 Å². The second kappa shape index (κ2) is 12.5. The van der Waals surface area contributed by atoms with Crippen LogP contribution < -0.4 is 0 Å². The molecule has 0 spiro atoms. The molecule has 0 aromatic heterocycles. The first-order chi connectivity index (χ1) is 13.2. The monoisotopic (exact) mass is 374 g/mol. The van der Waals surface area contributed by atoms with Crippen molar-refractivity contribution >= 4 is 11.9 Å². The zero-order valence-corrected chi connectivity index (χ0v) is 16.7. The van der Waals surface area contributed by atoms with Gasteiger partial charge in [0.25, 0.3) is 0 Å². The molecular formula is C22H34N2O3. The first-order valence-corrected chi connectivity index (χ1v) is 10.4. The lowest BCUT2D eigenvalue weighted by molar-refractivity contribution is -0.144. The number of aryl methyl sites for hydroxylation is 1. The van der Waals surface area contributed by atoms with E-state index in [2.05, 4.69) is 4.90 Å². The first-order valence-electron chi connectivity index (χ1n) is 10.4. The summed E-state index contributed by atoms with van der Waals surface area (Å²) < 4.78 is 5.01. The van der Waals surface area contributed by atoms with Crippen molar-refractivity contribution in [1.82, 2.24) is 9.80 Å². The molecule has 1 amide bonds. The average molecular weight is 375 g/mol. The number of unbranched alkanes of at least 4 members (excludes halogenated alkanes) is 1. The molecule has 1 fully saturated rings. The van der Waals surface area contributed by atoms with E-state index in [-0.39, 0.29) is 18.3 Å². The number of carbonyl (C=O) groups excluding carboxylic acids is 2. The van der Waals surface area contributed by atoms with E-state index in [4.69, 9.17) is 4.74 Å². The highest BCUT2D eigenvalue weighted by Gasteiger charge is 2.16. The predicted octanol–water partition coefficient (Wildman–Crippen LogP) is 3.28. The van der Waals surface area contributed by atoms with Crippen LogP contribution >= 0.6 is 0 Å². The zero-order valence-electron chi connectivity index (χ0n) is 16.7. The number of hydrogen-bond acceptors (Lipinski definition) is 4. The van der Waals surface area contributed by atoms with Crippen LogP contribution in [-0.4, -0.2) is 61.0 Å². The Morgan fingerprint density at radius 2 is 1.78 bits per heavy atom. The van der Waals surface area contributed by atoms with Crippen LogP contribution in [0.15, 0.2) is 30.3 Å². The van der Waals surface area contributed by atoms with Crippen molar-refractivity contribution in [3.63, 3.8) is 0 Å². The molecule has 0 aliphatic carbocycles. The minimum absolute atomic E-state index is 0.129. The highest BCUT2D eigenvalue weighted by atomic mass is 16.5. The van der Waals surface area contributed by atoms with Crippen LogP contribution in [-0.2, 0) is 20.7 Å². The van der Waals surface area contributed by atoms with Crippen molar-refractivity contribution in [2.45, 2.75) is 51.9 Å². The second-order valence-corrected chi connectivity index (χ2v) is 7.18. The van der Waals surface area contributed by atoms with Gasteiger partial charge >= 0.3 is 5.97 Å². The van der Waals surface area contributed by atoms with Gasteiger partial charge in [0.15, 0.2) is 0 Å². The number of ether oxygens (including phenoxy) is 1. The van der Waals surface area contributed by atoms with Gasteiger partial charge in [0.05, 0.1) is 13.0 Å². The summed E-state index contributed by atoms with van der Waals surface area (Å²) in [5.74, 6) is -0.0975. The third-order valence-electron chi connectivity index (χ3n) is 5.07. The molecule has 1 saturated heterocycles. The topological polar surface area (TPSA) is 49.9 Å². The second-order valence-electron chi connectivity index (χ2n) is 7.18. The predicted molar refractivity (Wildman–Crippen MR) is 108 cm³/mol. The van der Waals surface area contributed by atoms with Gasteiger partial charge in [-0.3, -0.25) is 9.59 Å². The van der Waals surface area contributed by atoms with Crippen LogP contribution in [0.25, 0.3) is 0 Å². The van der Waals surface area contributed by atoms with Gasteiger partial charge in [0.2, 0.25) is 5.91 Å². The number of hydrogen-bond donors (Lipinski definition) is 0. The van der Waals surface area contributed by atoms with Gasteiger partial charge in [0, 0.05) is 19.5 Å². The van der Waals surface area contributed by atoms with Gasteiger partial charge in [-0.1, -0.05) is 30.3 Å². The third kappa shape index (κ3) is 8.57. The molecule has 0 unspecified atom stereocenters. The van der Waals surface area contributed by atoms with E-state index in [1.165, 1.54) is 31.5 Å². The number of likely N-dealkylation sites (tertiary alicyclic amines) is 1. The summed E-state index contributed by atoms with van der Waals surface area (Å²) in [7, 11) is 0. The SMILES string of the molecule is CCOC(=O)CCN(CCCCN1CCCC1)C(=O)CCc1ccccc1. The fraction of sp³-hybridized carbons (Fsp3) is 0.636. The minimum Gasteiger partial charge on any atom is -0.466 e. The fourth-order valence-electron chi connectivity index (χ4n) is 3.52. The van der Waals surface area contributed by atoms with E-state index in [1.54, 1.807) is 6.92 Å². The molecular weight excluding hydrogens is 340 g/mol. The van der Waals surface area contributed by atoms with Crippen molar-refractivity contribution in [2.75, 3.05) is 39.3 Å². The molecule has 2 rings (SSSR count). The molecule has 5 nitrogen and oxygen atoms in total. The van der Waals surface area contributed by atoms with Gasteiger partial charge in [-0.15, -0.1) is 0 Å². The highest BCUT2D eigenvalue weighted by molar-refractivity contribution is 5.77. The van der Waals surface area contributed by atoms with E-state index < -0.39 is 0 Å². The van der Waals surface area contributed by atoms with Crippen molar-refractivity contribution in [3.05, 3.63) is 35.9 Å². The summed E-state index contributed by atoms with van der Waals surface area (Å²) in [6, 6.07) is 10.1. The summed E-state index contributed by atoms with van der Waals surface area (Å²) in [5.41, 5.74) is 1.17. The number of benzene rings is 1. The molecule has 1 heterocycles. The summed E-state index contributed by atoms with van der Waals surface area (Å²) in [6.07, 6.45) is 6.20. The lowest BCUT2D eigenvalue weighted by atomic mass is 10.1. The number of carbonyl (C=O) groups is 2. The number of esters is 1. The maximum Gasteiger partial charge on any atom is 0.307 e. The van der Waals surface area contributed by atoms with Crippen molar-refractivity contribution in [1.29, 1.82) is 0 Å². The molecule has 1 aromatic carbocycles. The van der Waals surface area contributed by atoms with Gasteiger partial charge in [-0.25, -0.2) is 0 Å². The normalized spacial score (nSPS) is 14.3. The average Bonchev–Trinajstić information content (AvgIpc) is 3.20. The number of nitrogens with zero attached hydrogens (tertiary/aromatic N) is 2. The van der Waals surface area contributed by atoms with Gasteiger partial charge < -0.3 is 14.5 Å². The maximum absolute atomic E-state index is 12.7. The molecule has 1 aromatic rings. The Hall–Kier alpha value is -1.88. The van der Waals surface area contributed by atoms with Crippen LogP contribution in [0, 0.1) is 0 Å². The Bertz CT molecular complexity index is 556. The maximum atomic E-state index is 12.7. The number of amides is 1. The Morgan fingerprint density at radius 1 is 1.04 bits per heavy atom. The Balaban J connectivity index is 1.77. The smallest absolute Gasteiger partial charge is 0.307 e. The van der Waals surface area contributed by atoms with E-state index in [1.807, 2.05) is 35.2 Å². The van der Waals surface area contributed by atoms with Crippen LogP contribution in [0.5, 0.6) is 0 Å². The van der Waals surface area contributed by atoms with Crippen molar-refractivity contribution < 1.29 is 14.3 Å². The number of rotatable bonds is 12. The van der Waals surface area contributed by atoms with Crippen LogP contribution in [0.3, 0.4) is 0 Å². The molecule has 0 radical (unpaired) electrons. The van der Waals surface area contributed by atoms with Crippen molar-refractivity contribution in [3.8, 4) is 0 Å². The molecule has 5 heteroatoms. The van der Waals surface area contributed by atoms with E-state index in [0.29, 0.717) is 19.6 Å². The van der Waals surface area contributed by atoms with Crippen LogP contribution in [0.4, 0.5) is 0 Å². The third-order valence-corrected chi connectivity index (χ3v) is 5.07. The molecule has 1 aliphatic heterocycles. The summed E-state index contributed by atoms with van der Waals surface area (Å²) in [4.78, 5) is 28.7.